The van der Waals surface area contributed by atoms with Crippen molar-refractivity contribution < 1.29 is 18.4 Å². The Morgan fingerprint density at radius 1 is 1.06 bits per heavy atom. The van der Waals surface area contributed by atoms with E-state index in [1.807, 2.05) is 71.0 Å². The van der Waals surface area contributed by atoms with Crippen LogP contribution in [0.5, 0.6) is 0 Å². The number of hydrogen-bond acceptors (Lipinski definition) is 6. The standard InChI is InChI=1S/C20H21N3O5S.2C2H6/c1-13-3-5-14(6-4-13)15-7-8-16-17(11-15)21-12-23(20(16)25)10-9-18(19(24)22-26)29(2,27)28;2*1-2/h3-8,11-12,18,26H,9-10H2,1-2H3,(H,22,24);2*1-2H3. The number of amides is 1. The number of nitrogens with one attached hydrogen (secondary N) is 1. The molecule has 0 fully saturated rings. The Balaban J connectivity index is 0.00000129. The summed E-state index contributed by atoms with van der Waals surface area (Å²) in [5, 5.41) is 7.69. The van der Waals surface area contributed by atoms with Crippen molar-refractivity contribution in [2.45, 2.75) is 52.8 Å². The number of aryl methyl sites for hydroxylation is 2. The largest absolute Gasteiger partial charge is 0.299 e. The Bertz CT molecular complexity index is 1220. The van der Waals surface area contributed by atoms with E-state index >= 15 is 0 Å². The molecule has 8 nitrogen and oxygen atoms in total. The first-order valence-corrected chi connectivity index (χ1v) is 12.8. The molecule has 3 aromatic rings. The van der Waals surface area contributed by atoms with Crippen LogP contribution in [0.15, 0.2) is 53.6 Å². The van der Waals surface area contributed by atoms with Gasteiger partial charge in [-0.15, -0.1) is 0 Å². The lowest BCUT2D eigenvalue weighted by molar-refractivity contribution is -0.128. The Kier molecular flexibility index (Phi) is 10.9. The number of aromatic nitrogens is 2. The lowest BCUT2D eigenvalue weighted by Crippen LogP contribution is -2.39. The van der Waals surface area contributed by atoms with Crippen molar-refractivity contribution in [3.63, 3.8) is 0 Å². The molecule has 0 radical (unpaired) electrons. The van der Waals surface area contributed by atoms with Crippen molar-refractivity contribution >= 4 is 26.6 Å². The zero-order valence-corrected chi connectivity index (χ0v) is 20.8. The van der Waals surface area contributed by atoms with Crippen LogP contribution in [0.1, 0.15) is 39.7 Å². The summed E-state index contributed by atoms with van der Waals surface area (Å²) in [7, 11) is -3.75. The highest BCUT2D eigenvalue weighted by molar-refractivity contribution is 7.92. The summed E-state index contributed by atoms with van der Waals surface area (Å²) in [5.41, 5.74) is 4.64. The molecule has 180 valence electrons. The van der Waals surface area contributed by atoms with Crippen molar-refractivity contribution in [3.05, 3.63) is 64.7 Å². The Morgan fingerprint density at radius 3 is 2.18 bits per heavy atom. The molecule has 1 atom stereocenters. The van der Waals surface area contributed by atoms with Crippen LogP contribution in [0.3, 0.4) is 0 Å². The van der Waals surface area contributed by atoms with Gasteiger partial charge in [-0.25, -0.2) is 18.9 Å². The van der Waals surface area contributed by atoms with Crippen LogP contribution < -0.4 is 11.0 Å². The Morgan fingerprint density at radius 2 is 1.64 bits per heavy atom. The van der Waals surface area contributed by atoms with E-state index < -0.39 is 21.0 Å². The van der Waals surface area contributed by atoms with Gasteiger partial charge in [0.05, 0.1) is 17.2 Å². The van der Waals surface area contributed by atoms with E-state index in [0.717, 1.165) is 22.9 Å². The second kappa shape index (κ2) is 12.9. The Hall–Kier alpha value is -3.04. The van der Waals surface area contributed by atoms with Gasteiger partial charge < -0.3 is 0 Å². The molecule has 0 aliphatic heterocycles. The van der Waals surface area contributed by atoms with Crippen molar-refractivity contribution in [3.8, 4) is 11.1 Å². The van der Waals surface area contributed by atoms with Crippen molar-refractivity contribution in [1.29, 1.82) is 0 Å². The molecule has 9 heteroatoms. The molecule has 0 aliphatic rings. The SMILES string of the molecule is CC.CC.Cc1ccc(-c2ccc3c(=O)n(CCC(C(=O)NO)S(C)(=O)=O)cnc3c2)cc1. The number of fused-ring (bicyclic) bond motifs is 1. The van der Waals surface area contributed by atoms with Gasteiger partial charge >= 0.3 is 0 Å². The third kappa shape index (κ3) is 7.23. The number of nitrogens with zero attached hydrogens (tertiary/aromatic N) is 2. The van der Waals surface area contributed by atoms with E-state index in [0.29, 0.717) is 10.9 Å². The minimum absolute atomic E-state index is 0.0351. The highest BCUT2D eigenvalue weighted by Gasteiger charge is 2.28. The molecule has 0 aliphatic carbocycles. The zero-order chi connectivity index (χ0) is 25.2. The van der Waals surface area contributed by atoms with E-state index in [2.05, 4.69) is 4.98 Å². The molecule has 2 aromatic carbocycles. The third-order valence-electron chi connectivity index (χ3n) is 4.76. The molecular weight excluding hydrogens is 442 g/mol. The molecule has 1 amide bonds. The zero-order valence-electron chi connectivity index (χ0n) is 20.0. The maximum atomic E-state index is 12.7. The summed E-state index contributed by atoms with van der Waals surface area (Å²) >= 11 is 0. The summed E-state index contributed by atoms with van der Waals surface area (Å²) < 4.78 is 24.8. The topological polar surface area (TPSA) is 118 Å². The summed E-state index contributed by atoms with van der Waals surface area (Å²) in [4.78, 5) is 28.7. The minimum atomic E-state index is -3.75. The van der Waals surface area contributed by atoms with Crippen LogP contribution in [-0.4, -0.2) is 40.6 Å². The average molecular weight is 476 g/mol. The molecule has 1 aromatic heterocycles. The van der Waals surface area contributed by atoms with Gasteiger partial charge in [0.1, 0.15) is 5.25 Å². The molecular formula is C24H33N3O5S. The van der Waals surface area contributed by atoms with Crippen molar-refractivity contribution in [2.75, 3.05) is 6.26 Å². The molecule has 0 saturated heterocycles. The molecule has 0 spiro atoms. The van der Waals surface area contributed by atoms with E-state index in [4.69, 9.17) is 5.21 Å². The van der Waals surface area contributed by atoms with E-state index in [1.54, 1.807) is 6.07 Å². The molecule has 1 heterocycles. The molecule has 3 rings (SSSR count). The number of rotatable bonds is 6. The number of carbonyl (C=O) groups excluding carboxylic acids is 1. The summed E-state index contributed by atoms with van der Waals surface area (Å²) in [6.07, 6.45) is 2.07. The van der Waals surface area contributed by atoms with E-state index in [9.17, 15) is 18.0 Å². The van der Waals surface area contributed by atoms with Gasteiger partial charge in [0.15, 0.2) is 9.84 Å². The lowest BCUT2D eigenvalue weighted by atomic mass is 10.0. The highest BCUT2D eigenvalue weighted by Crippen LogP contribution is 2.22. The number of hydroxylamine groups is 1. The smallest absolute Gasteiger partial charge is 0.261 e. The van der Waals surface area contributed by atoms with Crippen LogP contribution in [0.2, 0.25) is 0 Å². The van der Waals surface area contributed by atoms with Crippen molar-refractivity contribution in [2.24, 2.45) is 0 Å². The van der Waals surface area contributed by atoms with Crippen molar-refractivity contribution in [1.82, 2.24) is 15.0 Å². The number of carbonyl (C=O) groups is 1. The summed E-state index contributed by atoms with van der Waals surface area (Å²) in [5.74, 6) is -1.03. The third-order valence-corrected chi connectivity index (χ3v) is 6.25. The fraction of sp³-hybridized carbons (Fsp3) is 0.375. The number of benzene rings is 2. The molecule has 0 bridgehead atoms. The van der Waals surface area contributed by atoms with Gasteiger partial charge in [-0.2, -0.15) is 0 Å². The van der Waals surface area contributed by atoms with Gasteiger partial charge in [0, 0.05) is 12.8 Å². The fourth-order valence-electron chi connectivity index (χ4n) is 3.11. The first kappa shape index (κ1) is 28.0. The highest BCUT2D eigenvalue weighted by atomic mass is 32.2. The normalized spacial score (nSPS) is 11.5. The van der Waals surface area contributed by atoms with Crippen LogP contribution in [-0.2, 0) is 21.2 Å². The second-order valence-corrected chi connectivity index (χ2v) is 9.15. The van der Waals surface area contributed by atoms with Crippen LogP contribution >= 0.6 is 0 Å². The number of hydrogen-bond donors (Lipinski definition) is 2. The van der Waals surface area contributed by atoms with Gasteiger partial charge in [-0.1, -0.05) is 63.6 Å². The second-order valence-electron chi connectivity index (χ2n) is 6.92. The monoisotopic (exact) mass is 475 g/mol. The van der Waals surface area contributed by atoms with Gasteiger partial charge in [-0.3, -0.25) is 19.4 Å². The predicted molar refractivity (Wildman–Crippen MR) is 132 cm³/mol. The average Bonchev–Trinajstić information content (AvgIpc) is 2.82. The molecule has 0 saturated carbocycles. The van der Waals surface area contributed by atoms with E-state index in [1.165, 1.54) is 16.4 Å². The van der Waals surface area contributed by atoms with Gasteiger partial charge in [0.2, 0.25) is 0 Å². The first-order chi connectivity index (χ1) is 15.7. The maximum absolute atomic E-state index is 12.7. The van der Waals surface area contributed by atoms with Crippen LogP contribution in [0, 0.1) is 6.92 Å². The molecule has 1 unspecified atom stereocenters. The predicted octanol–water partition coefficient (Wildman–Crippen LogP) is 3.73. The van der Waals surface area contributed by atoms with Gasteiger partial charge in [-0.05, 0) is 36.6 Å². The lowest BCUT2D eigenvalue weighted by Gasteiger charge is -2.14. The van der Waals surface area contributed by atoms with Gasteiger partial charge in [0.25, 0.3) is 11.5 Å². The first-order valence-electron chi connectivity index (χ1n) is 10.9. The van der Waals surface area contributed by atoms with Crippen LogP contribution in [0.4, 0.5) is 0 Å². The molecule has 33 heavy (non-hydrogen) atoms. The summed E-state index contributed by atoms with van der Waals surface area (Å²) in [6.45, 7) is 9.97. The van der Waals surface area contributed by atoms with Crippen LogP contribution in [0.25, 0.3) is 22.0 Å². The minimum Gasteiger partial charge on any atom is -0.299 e. The quantitative estimate of drug-likeness (QED) is 0.414. The fourth-order valence-corrected chi connectivity index (χ4v) is 4.09. The number of sulfone groups is 1. The Labute approximate surface area is 195 Å². The molecule has 2 N–H and O–H groups in total. The summed E-state index contributed by atoms with van der Waals surface area (Å²) in [6, 6.07) is 13.3. The maximum Gasteiger partial charge on any atom is 0.261 e. The van der Waals surface area contributed by atoms with E-state index in [-0.39, 0.29) is 18.5 Å².